The van der Waals surface area contributed by atoms with Crippen molar-refractivity contribution in [2.45, 2.75) is 53.0 Å². The van der Waals surface area contributed by atoms with Crippen LogP contribution in [0.25, 0.3) is 0 Å². The molecule has 0 unspecified atom stereocenters. The topological polar surface area (TPSA) is 21.3 Å². The minimum absolute atomic E-state index is 0.310. The molecule has 0 spiro atoms. The molecule has 86 valence electrons. The molecule has 0 saturated carbocycles. The van der Waals surface area contributed by atoms with E-state index in [1.165, 1.54) is 9.75 Å². The molecular formula is C12H21NOS. The summed E-state index contributed by atoms with van der Waals surface area (Å²) in [6, 6.07) is 4.88. The summed E-state index contributed by atoms with van der Waals surface area (Å²) in [5.41, 5.74) is 0. The van der Waals surface area contributed by atoms with Crippen molar-refractivity contribution in [1.29, 1.82) is 0 Å². The highest BCUT2D eigenvalue weighted by molar-refractivity contribution is 7.11. The average Bonchev–Trinajstić information content (AvgIpc) is 2.59. The van der Waals surface area contributed by atoms with Crippen molar-refractivity contribution in [3.63, 3.8) is 0 Å². The molecule has 0 atom stereocenters. The van der Waals surface area contributed by atoms with Crippen LogP contribution >= 0.6 is 11.3 Å². The lowest BCUT2D eigenvalue weighted by atomic mass is 10.3. The van der Waals surface area contributed by atoms with E-state index in [9.17, 15) is 0 Å². The van der Waals surface area contributed by atoms with Gasteiger partial charge in [-0.05, 0) is 26.0 Å². The van der Waals surface area contributed by atoms with E-state index < -0.39 is 0 Å². The second-order valence-corrected chi connectivity index (χ2v) is 5.52. The van der Waals surface area contributed by atoms with Gasteiger partial charge in [-0.2, -0.15) is 0 Å². The van der Waals surface area contributed by atoms with E-state index in [1.54, 1.807) is 0 Å². The number of thiophene rings is 1. The Balaban J connectivity index is 2.35. The van der Waals surface area contributed by atoms with Crippen LogP contribution in [0.15, 0.2) is 12.1 Å². The van der Waals surface area contributed by atoms with E-state index in [4.69, 9.17) is 4.74 Å². The molecule has 1 rings (SSSR count). The Morgan fingerprint density at radius 2 is 1.87 bits per heavy atom. The summed E-state index contributed by atoms with van der Waals surface area (Å²) in [4.78, 5) is 2.69. The van der Waals surface area contributed by atoms with Crippen LogP contribution in [-0.4, -0.2) is 12.1 Å². The zero-order valence-electron chi connectivity index (χ0n) is 10.0. The van der Waals surface area contributed by atoms with E-state index in [0.717, 1.165) is 13.2 Å². The number of hydrogen-bond acceptors (Lipinski definition) is 3. The van der Waals surface area contributed by atoms with Gasteiger partial charge in [-0.15, -0.1) is 11.3 Å². The van der Waals surface area contributed by atoms with Gasteiger partial charge in [0.2, 0.25) is 0 Å². The summed E-state index contributed by atoms with van der Waals surface area (Å²) in [5.74, 6) is 0. The van der Waals surface area contributed by atoms with Gasteiger partial charge >= 0.3 is 0 Å². The third kappa shape index (κ3) is 5.30. The largest absolute Gasteiger partial charge is 0.373 e. The van der Waals surface area contributed by atoms with Crippen molar-refractivity contribution in [3.05, 3.63) is 21.9 Å². The molecule has 1 N–H and O–H groups in total. The third-order valence-electron chi connectivity index (χ3n) is 1.96. The average molecular weight is 227 g/mol. The Labute approximate surface area is 96.7 Å². The van der Waals surface area contributed by atoms with E-state index in [0.29, 0.717) is 12.1 Å². The maximum absolute atomic E-state index is 5.56. The molecule has 0 radical (unpaired) electrons. The van der Waals surface area contributed by atoms with Crippen molar-refractivity contribution in [2.75, 3.05) is 0 Å². The molecule has 3 heteroatoms. The lowest BCUT2D eigenvalue weighted by Crippen LogP contribution is -2.21. The predicted octanol–water partition coefficient (Wildman–Crippen LogP) is 3.17. The molecule has 0 aliphatic rings. The molecular weight excluding hydrogens is 206 g/mol. The molecule has 0 fully saturated rings. The first-order valence-corrected chi connectivity index (χ1v) is 6.32. The molecule has 15 heavy (non-hydrogen) atoms. The van der Waals surface area contributed by atoms with Gasteiger partial charge in [-0.3, -0.25) is 0 Å². The highest BCUT2D eigenvalue weighted by Crippen LogP contribution is 2.17. The lowest BCUT2D eigenvalue weighted by Gasteiger charge is -2.06. The quantitative estimate of drug-likeness (QED) is 0.806. The van der Waals surface area contributed by atoms with Crippen molar-refractivity contribution < 1.29 is 4.74 Å². The molecule has 0 aliphatic heterocycles. The van der Waals surface area contributed by atoms with E-state index in [2.05, 4.69) is 45.1 Å². The highest BCUT2D eigenvalue weighted by atomic mass is 32.1. The first-order valence-electron chi connectivity index (χ1n) is 5.50. The fourth-order valence-electron chi connectivity index (χ4n) is 1.15. The Morgan fingerprint density at radius 3 is 2.47 bits per heavy atom. The van der Waals surface area contributed by atoms with Crippen molar-refractivity contribution in [1.82, 2.24) is 5.32 Å². The second-order valence-electron chi connectivity index (χ2n) is 4.26. The molecule has 0 aliphatic carbocycles. The first-order chi connectivity index (χ1) is 7.08. The van der Waals surface area contributed by atoms with Crippen LogP contribution in [0.3, 0.4) is 0 Å². The standard InChI is InChI=1S/C12H21NOS/c1-9(2)13-7-11-5-6-12(15-11)8-14-10(3)4/h5-6,9-10,13H,7-8H2,1-4H3. The van der Waals surface area contributed by atoms with E-state index >= 15 is 0 Å². The van der Waals surface area contributed by atoms with Gasteiger partial charge in [0.05, 0.1) is 12.7 Å². The second kappa shape index (κ2) is 6.26. The maximum atomic E-state index is 5.56. The highest BCUT2D eigenvalue weighted by Gasteiger charge is 2.02. The van der Waals surface area contributed by atoms with Crippen LogP contribution in [0.4, 0.5) is 0 Å². The van der Waals surface area contributed by atoms with Gasteiger partial charge in [0.1, 0.15) is 0 Å². The van der Waals surface area contributed by atoms with Crippen LogP contribution in [0.5, 0.6) is 0 Å². The lowest BCUT2D eigenvalue weighted by molar-refractivity contribution is 0.0674. The maximum Gasteiger partial charge on any atom is 0.0812 e. The summed E-state index contributed by atoms with van der Waals surface area (Å²) in [7, 11) is 0. The van der Waals surface area contributed by atoms with E-state index in [-0.39, 0.29) is 0 Å². The Hall–Kier alpha value is -0.380. The van der Waals surface area contributed by atoms with Gasteiger partial charge in [0.15, 0.2) is 0 Å². The van der Waals surface area contributed by atoms with Crippen LogP contribution in [0.2, 0.25) is 0 Å². The summed E-state index contributed by atoms with van der Waals surface area (Å²) in [6.45, 7) is 10.2. The SMILES string of the molecule is CC(C)NCc1ccc(COC(C)C)s1. The summed E-state index contributed by atoms with van der Waals surface area (Å²) >= 11 is 1.83. The van der Waals surface area contributed by atoms with Crippen molar-refractivity contribution in [2.24, 2.45) is 0 Å². The monoisotopic (exact) mass is 227 g/mol. The molecule has 2 nitrogen and oxygen atoms in total. The molecule has 0 bridgehead atoms. The normalized spacial score (nSPS) is 11.6. The van der Waals surface area contributed by atoms with Crippen molar-refractivity contribution in [3.8, 4) is 0 Å². The number of rotatable bonds is 6. The first kappa shape index (κ1) is 12.7. The van der Waals surface area contributed by atoms with E-state index in [1.807, 2.05) is 11.3 Å². The van der Waals surface area contributed by atoms with Gasteiger partial charge in [-0.25, -0.2) is 0 Å². The molecule has 0 amide bonds. The molecule has 0 aromatic carbocycles. The fourth-order valence-corrected chi connectivity index (χ4v) is 2.04. The zero-order chi connectivity index (χ0) is 11.3. The Morgan fingerprint density at radius 1 is 1.20 bits per heavy atom. The van der Waals surface area contributed by atoms with Gasteiger partial charge in [0.25, 0.3) is 0 Å². The third-order valence-corrected chi connectivity index (χ3v) is 3.02. The van der Waals surface area contributed by atoms with Gasteiger partial charge < -0.3 is 10.1 Å². The van der Waals surface area contributed by atoms with Gasteiger partial charge in [-0.1, -0.05) is 13.8 Å². The summed E-state index contributed by atoms with van der Waals surface area (Å²) in [5, 5.41) is 3.41. The van der Waals surface area contributed by atoms with Gasteiger partial charge in [0, 0.05) is 22.3 Å². The Bertz CT molecular complexity index is 254. The smallest absolute Gasteiger partial charge is 0.0812 e. The molecule has 1 aromatic rings. The molecule has 1 heterocycles. The zero-order valence-corrected chi connectivity index (χ0v) is 10.9. The summed E-state index contributed by atoms with van der Waals surface area (Å²) < 4.78 is 5.56. The van der Waals surface area contributed by atoms with Crippen LogP contribution in [0.1, 0.15) is 37.4 Å². The minimum atomic E-state index is 0.310. The minimum Gasteiger partial charge on any atom is -0.373 e. The molecule has 0 saturated heterocycles. The fraction of sp³-hybridized carbons (Fsp3) is 0.667. The van der Waals surface area contributed by atoms with Crippen LogP contribution in [-0.2, 0) is 17.9 Å². The number of nitrogens with one attached hydrogen (secondary N) is 1. The molecule has 1 aromatic heterocycles. The predicted molar refractivity (Wildman–Crippen MR) is 66.2 cm³/mol. The van der Waals surface area contributed by atoms with Crippen LogP contribution in [0, 0.1) is 0 Å². The summed E-state index contributed by atoms with van der Waals surface area (Å²) in [6.07, 6.45) is 0.310. The number of hydrogen-bond donors (Lipinski definition) is 1. The Kier molecular flexibility index (Phi) is 5.29. The van der Waals surface area contributed by atoms with Crippen LogP contribution < -0.4 is 5.32 Å². The van der Waals surface area contributed by atoms with Crippen molar-refractivity contribution >= 4 is 11.3 Å². The number of ether oxygens (including phenoxy) is 1.